The van der Waals surface area contributed by atoms with Crippen LogP contribution in [0.15, 0.2) is 28.9 Å². The fourth-order valence-electron chi connectivity index (χ4n) is 1.86. The second-order valence-corrected chi connectivity index (χ2v) is 7.19. The Hall–Kier alpha value is -1.68. The Bertz CT molecular complexity index is 867. The van der Waals surface area contributed by atoms with Crippen LogP contribution in [0, 0.1) is 0 Å². The third-order valence-electron chi connectivity index (χ3n) is 2.95. The van der Waals surface area contributed by atoms with Gasteiger partial charge in [0.1, 0.15) is 5.51 Å². The highest BCUT2D eigenvalue weighted by molar-refractivity contribution is 7.99. The van der Waals surface area contributed by atoms with Gasteiger partial charge in [-0.25, -0.2) is 0 Å². The van der Waals surface area contributed by atoms with Crippen LogP contribution in [0.5, 0.6) is 0 Å². The van der Waals surface area contributed by atoms with Gasteiger partial charge in [-0.3, -0.25) is 10.1 Å². The first-order valence-electron chi connectivity index (χ1n) is 6.58. The minimum absolute atomic E-state index is 0.180. The molecule has 7 nitrogen and oxygen atoms in total. The average molecular weight is 401 g/mol. The Morgan fingerprint density at radius 2 is 2.17 bits per heavy atom. The summed E-state index contributed by atoms with van der Waals surface area (Å²) in [7, 11) is 1.81. The van der Waals surface area contributed by atoms with Gasteiger partial charge >= 0.3 is 0 Å². The highest BCUT2D eigenvalue weighted by Crippen LogP contribution is 2.30. The molecule has 1 N–H and O–H groups in total. The Labute approximate surface area is 155 Å². The fourth-order valence-corrected chi connectivity index (χ4v) is 3.52. The van der Waals surface area contributed by atoms with Gasteiger partial charge in [-0.2, -0.15) is 0 Å². The zero-order chi connectivity index (χ0) is 17.1. The lowest BCUT2D eigenvalue weighted by molar-refractivity contribution is -0.113. The van der Waals surface area contributed by atoms with E-state index in [-0.39, 0.29) is 11.7 Å². The summed E-state index contributed by atoms with van der Waals surface area (Å²) in [4.78, 5) is 11.9. The monoisotopic (exact) mass is 400 g/mol. The summed E-state index contributed by atoms with van der Waals surface area (Å²) >= 11 is 14.6. The minimum atomic E-state index is -0.189. The fraction of sp³-hybridized carbons (Fsp3) is 0.154. The van der Waals surface area contributed by atoms with Gasteiger partial charge in [0.15, 0.2) is 11.0 Å². The van der Waals surface area contributed by atoms with E-state index in [4.69, 9.17) is 23.2 Å². The molecule has 2 heterocycles. The van der Waals surface area contributed by atoms with E-state index >= 15 is 0 Å². The lowest BCUT2D eigenvalue weighted by Crippen LogP contribution is -2.14. The molecule has 0 bridgehead atoms. The van der Waals surface area contributed by atoms with Crippen LogP contribution in [-0.4, -0.2) is 36.6 Å². The number of nitrogens with one attached hydrogen (secondary N) is 1. The maximum Gasteiger partial charge on any atom is 0.236 e. The summed E-state index contributed by atoms with van der Waals surface area (Å²) < 4.78 is 1.78. The van der Waals surface area contributed by atoms with Crippen LogP contribution >= 0.6 is 46.3 Å². The van der Waals surface area contributed by atoms with Crippen molar-refractivity contribution in [2.45, 2.75) is 5.16 Å². The number of carbonyl (C=O) groups is 1. The standard InChI is InChI=1S/C13H10Cl2N6OS2/c1-21-11(8-3-2-7(14)4-9(8)15)18-20-13(21)23-5-10(22)17-12-19-16-6-24-12/h2-4,6H,5H2,1H3,(H,17,19,22). The first-order chi connectivity index (χ1) is 11.5. The van der Waals surface area contributed by atoms with Crippen molar-refractivity contribution >= 4 is 57.3 Å². The third kappa shape index (κ3) is 3.86. The molecule has 1 amide bonds. The molecule has 11 heteroatoms. The summed E-state index contributed by atoms with van der Waals surface area (Å²) in [5, 5.41) is 20.4. The molecule has 0 saturated heterocycles. The highest BCUT2D eigenvalue weighted by Gasteiger charge is 2.15. The lowest BCUT2D eigenvalue weighted by Gasteiger charge is -2.06. The molecule has 0 aliphatic carbocycles. The van der Waals surface area contributed by atoms with Crippen LogP contribution in [0.25, 0.3) is 11.4 Å². The Kier molecular flexibility index (Phi) is 5.34. The van der Waals surface area contributed by atoms with Crippen molar-refractivity contribution in [1.29, 1.82) is 0 Å². The van der Waals surface area contributed by atoms with Gasteiger partial charge in [-0.05, 0) is 18.2 Å². The number of halogens is 2. The Balaban J connectivity index is 1.70. The largest absolute Gasteiger partial charge is 0.305 e. The molecule has 24 heavy (non-hydrogen) atoms. The number of hydrogen-bond donors (Lipinski definition) is 1. The molecule has 1 aromatic carbocycles. The van der Waals surface area contributed by atoms with E-state index in [0.29, 0.717) is 26.2 Å². The molecule has 0 fully saturated rings. The first kappa shape index (κ1) is 17.2. The molecular weight excluding hydrogens is 391 g/mol. The zero-order valence-corrected chi connectivity index (χ0v) is 15.4. The molecule has 2 aromatic heterocycles. The molecule has 0 aliphatic rings. The second kappa shape index (κ2) is 7.47. The number of carbonyl (C=O) groups excluding carboxylic acids is 1. The number of rotatable bonds is 5. The van der Waals surface area contributed by atoms with Crippen LogP contribution < -0.4 is 5.32 Å². The van der Waals surface area contributed by atoms with Crippen molar-refractivity contribution in [2.24, 2.45) is 7.05 Å². The van der Waals surface area contributed by atoms with Gasteiger partial charge in [-0.1, -0.05) is 46.3 Å². The van der Waals surface area contributed by atoms with Crippen LogP contribution in [0.4, 0.5) is 5.13 Å². The van der Waals surface area contributed by atoms with E-state index in [0.717, 1.165) is 5.56 Å². The van der Waals surface area contributed by atoms with Gasteiger partial charge in [0, 0.05) is 17.6 Å². The molecule has 0 atom stereocenters. The van der Waals surface area contributed by atoms with E-state index in [1.54, 1.807) is 28.3 Å². The Morgan fingerprint density at radius 3 is 2.88 bits per heavy atom. The van der Waals surface area contributed by atoms with Crippen molar-refractivity contribution < 1.29 is 4.79 Å². The number of thioether (sulfide) groups is 1. The van der Waals surface area contributed by atoms with Crippen LogP contribution in [-0.2, 0) is 11.8 Å². The molecule has 0 radical (unpaired) electrons. The molecule has 0 unspecified atom stereocenters. The number of anilines is 1. The summed E-state index contributed by atoms with van der Waals surface area (Å²) in [6.45, 7) is 0. The summed E-state index contributed by atoms with van der Waals surface area (Å²) in [5.41, 5.74) is 2.27. The van der Waals surface area contributed by atoms with Crippen molar-refractivity contribution in [3.63, 3.8) is 0 Å². The zero-order valence-electron chi connectivity index (χ0n) is 12.2. The van der Waals surface area contributed by atoms with Gasteiger partial charge in [0.05, 0.1) is 10.8 Å². The van der Waals surface area contributed by atoms with Crippen molar-refractivity contribution in [2.75, 3.05) is 11.1 Å². The number of benzene rings is 1. The van der Waals surface area contributed by atoms with E-state index in [1.165, 1.54) is 23.1 Å². The normalized spacial score (nSPS) is 10.8. The van der Waals surface area contributed by atoms with E-state index in [9.17, 15) is 4.79 Å². The molecule has 3 rings (SSSR count). The van der Waals surface area contributed by atoms with E-state index < -0.39 is 0 Å². The van der Waals surface area contributed by atoms with Gasteiger partial charge in [0.2, 0.25) is 11.0 Å². The van der Waals surface area contributed by atoms with Crippen LogP contribution in [0.1, 0.15) is 0 Å². The van der Waals surface area contributed by atoms with E-state index in [1.807, 2.05) is 7.05 Å². The Morgan fingerprint density at radius 1 is 1.33 bits per heavy atom. The first-order valence-corrected chi connectivity index (χ1v) is 9.20. The smallest absolute Gasteiger partial charge is 0.236 e. The highest BCUT2D eigenvalue weighted by atomic mass is 35.5. The topological polar surface area (TPSA) is 85.6 Å². The average Bonchev–Trinajstić information content (AvgIpc) is 3.16. The van der Waals surface area contributed by atoms with Crippen LogP contribution in [0.2, 0.25) is 10.0 Å². The van der Waals surface area contributed by atoms with Gasteiger partial charge in [0.25, 0.3) is 0 Å². The number of nitrogens with zero attached hydrogens (tertiary/aromatic N) is 5. The SMILES string of the molecule is Cn1c(SCC(=O)Nc2nncs2)nnc1-c1ccc(Cl)cc1Cl. The van der Waals surface area contributed by atoms with Crippen molar-refractivity contribution in [3.8, 4) is 11.4 Å². The molecule has 0 spiro atoms. The van der Waals surface area contributed by atoms with Gasteiger partial charge < -0.3 is 4.57 Å². The summed E-state index contributed by atoms with van der Waals surface area (Å²) in [6.07, 6.45) is 0. The lowest BCUT2D eigenvalue weighted by atomic mass is 10.2. The number of hydrogen-bond acceptors (Lipinski definition) is 7. The maximum atomic E-state index is 11.9. The molecule has 0 saturated carbocycles. The summed E-state index contributed by atoms with van der Waals surface area (Å²) in [5.74, 6) is 0.592. The van der Waals surface area contributed by atoms with Crippen molar-refractivity contribution in [3.05, 3.63) is 33.8 Å². The van der Waals surface area contributed by atoms with E-state index in [2.05, 4.69) is 25.7 Å². The molecular formula is C13H10Cl2N6OS2. The van der Waals surface area contributed by atoms with Gasteiger partial charge in [-0.15, -0.1) is 20.4 Å². The minimum Gasteiger partial charge on any atom is -0.305 e. The second-order valence-electron chi connectivity index (χ2n) is 4.57. The third-order valence-corrected chi connectivity index (χ3v) is 5.12. The molecule has 0 aliphatic heterocycles. The van der Waals surface area contributed by atoms with Crippen molar-refractivity contribution in [1.82, 2.24) is 25.0 Å². The number of aromatic nitrogens is 5. The predicted octanol–water partition coefficient (Wildman–Crippen LogP) is 3.37. The molecule has 3 aromatic rings. The summed E-state index contributed by atoms with van der Waals surface area (Å²) in [6, 6.07) is 5.17. The predicted molar refractivity (Wildman–Crippen MR) is 95.7 cm³/mol. The maximum absolute atomic E-state index is 11.9. The number of amides is 1. The molecule has 124 valence electrons. The quantitative estimate of drug-likeness (QED) is 0.660. The van der Waals surface area contributed by atoms with Crippen LogP contribution in [0.3, 0.4) is 0 Å².